The Hall–Kier alpha value is -3.82. The summed E-state index contributed by atoms with van der Waals surface area (Å²) in [7, 11) is 1.06. The highest BCUT2D eigenvalue weighted by Gasteiger charge is 2.35. The molecule has 1 aliphatic carbocycles. The van der Waals surface area contributed by atoms with Gasteiger partial charge in [-0.3, -0.25) is 9.78 Å². The Kier molecular flexibility index (Phi) is 5.84. The van der Waals surface area contributed by atoms with E-state index >= 15 is 0 Å². The molecule has 0 radical (unpaired) electrons. The Morgan fingerprint density at radius 3 is 2.58 bits per heavy atom. The highest BCUT2D eigenvalue weighted by molar-refractivity contribution is 5.92. The van der Waals surface area contributed by atoms with Gasteiger partial charge in [0.05, 0.1) is 31.1 Å². The average Bonchev–Trinajstić information content (AvgIpc) is 3.13. The lowest BCUT2D eigenvalue weighted by Gasteiger charge is -2.13. The van der Waals surface area contributed by atoms with Crippen molar-refractivity contribution in [3.8, 4) is 17.0 Å². The standard InChI is InChI=1S/C23H16F5N3O2/c1-33-22-17(23(26,27)28)9-14(11-30-22)31-21(32)7-12-2-3-15(19(25)6-12)13-8-16-18(24)4-5-20(16)29-10-13/h2-4,6,8-11H,5,7H2,1H3,(H,31,32). The molecule has 0 unspecified atom stereocenters. The molecule has 2 aromatic heterocycles. The van der Waals surface area contributed by atoms with E-state index in [0.29, 0.717) is 34.9 Å². The van der Waals surface area contributed by atoms with Crippen molar-refractivity contribution in [1.82, 2.24) is 9.97 Å². The fourth-order valence-electron chi connectivity index (χ4n) is 3.49. The van der Waals surface area contributed by atoms with Crippen molar-refractivity contribution in [1.29, 1.82) is 0 Å². The lowest BCUT2D eigenvalue weighted by molar-refractivity contribution is -0.139. The summed E-state index contributed by atoms with van der Waals surface area (Å²) in [4.78, 5) is 20.0. The molecule has 0 saturated carbocycles. The summed E-state index contributed by atoms with van der Waals surface area (Å²) in [5.41, 5.74) is 0.455. The van der Waals surface area contributed by atoms with Gasteiger partial charge >= 0.3 is 6.18 Å². The first kappa shape index (κ1) is 22.4. The maximum Gasteiger partial charge on any atom is 0.421 e. The van der Waals surface area contributed by atoms with Crippen LogP contribution in [0.4, 0.5) is 27.6 Å². The Morgan fingerprint density at radius 2 is 1.88 bits per heavy atom. The fraction of sp³-hybridized carbons (Fsp3) is 0.174. The van der Waals surface area contributed by atoms with Crippen LogP contribution in [-0.2, 0) is 23.8 Å². The summed E-state index contributed by atoms with van der Waals surface area (Å²) in [5, 5.41) is 2.32. The maximum atomic E-state index is 14.7. The Bertz CT molecular complexity index is 1270. The summed E-state index contributed by atoms with van der Waals surface area (Å²) in [6, 6.07) is 6.31. The van der Waals surface area contributed by atoms with Gasteiger partial charge in [-0.2, -0.15) is 13.2 Å². The molecule has 1 amide bonds. The number of hydrogen-bond acceptors (Lipinski definition) is 4. The van der Waals surface area contributed by atoms with E-state index in [1.54, 1.807) is 0 Å². The average molecular weight is 461 g/mol. The van der Waals surface area contributed by atoms with E-state index < -0.39 is 35.2 Å². The molecule has 5 nitrogen and oxygen atoms in total. The van der Waals surface area contributed by atoms with Crippen molar-refractivity contribution in [3.63, 3.8) is 0 Å². The molecule has 1 aromatic carbocycles. The number of methoxy groups -OCH3 is 1. The van der Waals surface area contributed by atoms with E-state index in [9.17, 15) is 26.7 Å². The molecule has 33 heavy (non-hydrogen) atoms. The number of halogens is 5. The topological polar surface area (TPSA) is 64.1 Å². The molecule has 1 N–H and O–H groups in total. The zero-order valence-corrected chi connectivity index (χ0v) is 17.1. The minimum absolute atomic E-state index is 0.176. The molecule has 0 atom stereocenters. The first-order valence-corrected chi connectivity index (χ1v) is 9.70. The molecule has 170 valence electrons. The van der Waals surface area contributed by atoms with Crippen LogP contribution >= 0.6 is 0 Å². The van der Waals surface area contributed by atoms with Crippen molar-refractivity contribution in [2.45, 2.75) is 19.0 Å². The molecule has 10 heteroatoms. The van der Waals surface area contributed by atoms with Crippen molar-refractivity contribution < 1.29 is 31.5 Å². The normalized spacial score (nSPS) is 12.8. The number of rotatable bonds is 5. The molecule has 0 fully saturated rings. The van der Waals surface area contributed by atoms with Crippen molar-refractivity contribution >= 4 is 17.4 Å². The van der Waals surface area contributed by atoms with Crippen LogP contribution in [0.5, 0.6) is 5.88 Å². The van der Waals surface area contributed by atoms with Crippen molar-refractivity contribution in [2.24, 2.45) is 0 Å². The third kappa shape index (κ3) is 4.69. The minimum Gasteiger partial charge on any atom is -0.481 e. The predicted octanol–water partition coefficient (Wildman–Crippen LogP) is 5.36. The van der Waals surface area contributed by atoms with Gasteiger partial charge in [0.1, 0.15) is 17.2 Å². The fourth-order valence-corrected chi connectivity index (χ4v) is 3.49. The van der Waals surface area contributed by atoms with Gasteiger partial charge in [-0.1, -0.05) is 12.1 Å². The van der Waals surface area contributed by atoms with Gasteiger partial charge in [0.15, 0.2) is 0 Å². The smallest absolute Gasteiger partial charge is 0.421 e. The lowest BCUT2D eigenvalue weighted by Crippen LogP contribution is -2.16. The number of carbonyl (C=O) groups is 1. The Morgan fingerprint density at radius 1 is 1.09 bits per heavy atom. The summed E-state index contributed by atoms with van der Waals surface area (Å²) < 4.78 is 72.5. The van der Waals surface area contributed by atoms with Gasteiger partial charge in [-0.15, -0.1) is 0 Å². The summed E-state index contributed by atoms with van der Waals surface area (Å²) in [5.74, 6) is -2.33. The predicted molar refractivity (Wildman–Crippen MR) is 111 cm³/mol. The van der Waals surface area contributed by atoms with E-state index in [0.717, 1.165) is 19.4 Å². The van der Waals surface area contributed by atoms with Crippen molar-refractivity contribution in [3.05, 3.63) is 77.0 Å². The second-order valence-electron chi connectivity index (χ2n) is 7.29. The largest absolute Gasteiger partial charge is 0.481 e. The zero-order valence-electron chi connectivity index (χ0n) is 17.1. The number of benzene rings is 1. The molecule has 4 rings (SSSR count). The van der Waals surface area contributed by atoms with E-state index in [2.05, 4.69) is 20.0 Å². The molecule has 2 heterocycles. The molecular formula is C23H16F5N3O2. The van der Waals surface area contributed by atoms with E-state index in [1.807, 2.05) is 0 Å². The molecule has 0 spiro atoms. The van der Waals surface area contributed by atoms with Crippen LogP contribution in [-0.4, -0.2) is 23.0 Å². The van der Waals surface area contributed by atoms with Crippen LogP contribution in [0.25, 0.3) is 17.0 Å². The second-order valence-corrected chi connectivity index (χ2v) is 7.29. The summed E-state index contributed by atoms with van der Waals surface area (Å²) in [6.45, 7) is 0. The van der Waals surface area contributed by atoms with Gasteiger partial charge in [-0.05, 0) is 29.8 Å². The first-order chi connectivity index (χ1) is 15.7. The minimum atomic E-state index is -4.72. The number of fused-ring (bicyclic) bond motifs is 1. The van der Waals surface area contributed by atoms with Crippen LogP contribution in [0.1, 0.15) is 22.4 Å². The SMILES string of the molecule is COc1ncc(NC(=O)Cc2ccc(-c3cnc4c(c3)C(F)=CC4)c(F)c2)cc1C(F)(F)F. The van der Waals surface area contributed by atoms with Gasteiger partial charge in [0, 0.05) is 29.3 Å². The third-order valence-corrected chi connectivity index (χ3v) is 5.04. The number of nitrogens with zero attached hydrogens (tertiary/aromatic N) is 2. The molecule has 1 aliphatic rings. The number of aromatic nitrogens is 2. The van der Waals surface area contributed by atoms with Gasteiger partial charge in [0.25, 0.3) is 0 Å². The van der Waals surface area contributed by atoms with Crippen LogP contribution in [0.2, 0.25) is 0 Å². The lowest BCUT2D eigenvalue weighted by atomic mass is 10.0. The number of amides is 1. The number of anilines is 1. The van der Waals surface area contributed by atoms with Crippen LogP contribution in [0.3, 0.4) is 0 Å². The van der Waals surface area contributed by atoms with Crippen LogP contribution in [0, 0.1) is 5.82 Å². The van der Waals surface area contributed by atoms with Gasteiger partial charge in [-0.25, -0.2) is 13.8 Å². The number of carbonyl (C=O) groups excluding carboxylic acids is 1. The second kappa shape index (κ2) is 8.61. The Balaban J connectivity index is 1.49. The van der Waals surface area contributed by atoms with E-state index in [1.165, 1.54) is 30.5 Å². The number of nitrogens with one attached hydrogen (secondary N) is 1. The van der Waals surface area contributed by atoms with Crippen LogP contribution < -0.4 is 10.1 Å². The highest BCUT2D eigenvalue weighted by Crippen LogP contribution is 2.36. The molecule has 0 bridgehead atoms. The summed E-state index contributed by atoms with van der Waals surface area (Å²) >= 11 is 0. The monoisotopic (exact) mass is 461 g/mol. The van der Waals surface area contributed by atoms with Crippen molar-refractivity contribution in [2.75, 3.05) is 12.4 Å². The first-order valence-electron chi connectivity index (χ1n) is 9.70. The van der Waals surface area contributed by atoms with Crippen LogP contribution in [0.15, 0.2) is 48.8 Å². The number of hydrogen-bond donors (Lipinski definition) is 1. The highest BCUT2D eigenvalue weighted by atomic mass is 19.4. The third-order valence-electron chi connectivity index (χ3n) is 5.04. The number of alkyl halides is 3. The molecule has 3 aromatic rings. The van der Waals surface area contributed by atoms with Gasteiger partial charge in [0.2, 0.25) is 11.8 Å². The van der Waals surface area contributed by atoms with Gasteiger partial charge < -0.3 is 10.1 Å². The van der Waals surface area contributed by atoms with E-state index in [-0.39, 0.29) is 17.7 Å². The Labute approximate surface area is 184 Å². The van der Waals surface area contributed by atoms with E-state index in [4.69, 9.17) is 0 Å². The zero-order chi connectivity index (χ0) is 23.8. The maximum absolute atomic E-state index is 14.7. The number of allylic oxidation sites excluding steroid dienone is 1. The molecule has 0 aliphatic heterocycles. The molecule has 0 saturated heterocycles. The quantitative estimate of drug-likeness (QED) is 0.520. The summed E-state index contributed by atoms with van der Waals surface area (Å²) in [6.07, 6.45) is -0.746. The molecular weight excluding hydrogens is 445 g/mol. The number of pyridine rings is 2. The number of ether oxygens (including phenoxy) is 1.